The van der Waals surface area contributed by atoms with Crippen LogP contribution in [0, 0.1) is 5.41 Å². The molecule has 3 fully saturated rings. The van der Waals surface area contributed by atoms with Gasteiger partial charge in [0.05, 0.1) is 6.61 Å². The third-order valence-corrected chi connectivity index (χ3v) is 5.49. The van der Waals surface area contributed by atoms with Crippen molar-refractivity contribution >= 4 is 11.8 Å². The van der Waals surface area contributed by atoms with Crippen molar-refractivity contribution < 1.29 is 40.7 Å². The highest BCUT2D eigenvalue weighted by Gasteiger charge is 2.73. The second-order valence-electron chi connectivity index (χ2n) is 7.38. The minimum Gasteiger partial charge on any atom is -0.356 e. The lowest BCUT2D eigenvalue weighted by atomic mass is 9.74. The molecule has 0 aromatic rings. The smallest absolute Gasteiger partial charge is 0.356 e. The van der Waals surface area contributed by atoms with Gasteiger partial charge in [-0.05, 0) is 0 Å². The normalized spacial score (nSPS) is 27.4. The molecular formula is C15H20F6N4O3. The van der Waals surface area contributed by atoms with Crippen molar-refractivity contribution in [2.24, 2.45) is 5.41 Å². The van der Waals surface area contributed by atoms with Crippen molar-refractivity contribution in [1.82, 2.24) is 20.9 Å². The number of carbonyl (C=O) groups excluding carboxylic acids is 2. The molecule has 2 amide bonds. The lowest BCUT2D eigenvalue weighted by molar-refractivity contribution is -0.392. The van der Waals surface area contributed by atoms with Crippen LogP contribution < -0.4 is 16.0 Å². The Balaban J connectivity index is 1.56. The minimum absolute atomic E-state index is 0.127. The van der Waals surface area contributed by atoms with E-state index in [2.05, 4.69) is 20.7 Å². The van der Waals surface area contributed by atoms with Gasteiger partial charge in [-0.15, -0.1) is 0 Å². The van der Waals surface area contributed by atoms with Gasteiger partial charge in [0.1, 0.15) is 6.04 Å². The Morgan fingerprint density at radius 3 is 2.39 bits per heavy atom. The van der Waals surface area contributed by atoms with E-state index in [0.717, 1.165) is 4.90 Å². The Hall–Kier alpha value is -1.60. The maximum absolute atomic E-state index is 13.1. The third-order valence-electron chi connectivity index (χ3n) is 5.49. The molecule has 3 saturated heterocycles. The summed E-state index contributed by atoms with van der Waals surface area (Å²) in [4.78, 5) is 24.9. The topological polar surface area (TPSA) is 82.7 Å². The van der Waals surface area contributed by atoms with E-state index in [9.17, 15) is 35.9 Å². The second-order valence-corrected chi connectivity index (χ2v) is 7.38. The minimum atomic E-state index is -5.62. The average molecular weight is 418 g/mol. The van der Waals surface area contributed by atoms with Crippen molar-refractivity contribution in [2.75, 3.05) is 45.9 Å². The quantitative estimate of drug-likeness (QED) is 0.550. The van der Waals surface area contributed by atoms with Crippen molar-refractivity contribution in [3.63, 3.8) is 0 Å². The molecule has 3 aliphatic rings. The highest BCUT2D eigenvalue weighted by molar-refractivity contribution is 5.93. The van der Waals surface area contributed by atoms with Gasteiger partial charge in [-0.1, -0.05) is 0 Å². The van der Waals surface area contributed by atoms with Crippen molar-refractivity contribution in [1.29, 1.82) is 0 Å². The first-order chi connectivity index (χ1) is 12.9. The summed E-state index contributed by atoms with van der Waals surface area (Å²) in [5.41, 5.74) is -4.77. The first-order valence-electron chi connectivity index (χ1n) is 8.68. The number of rotatable bonds is 4. The zero-order chi connectivity index (χ0) is 20.8. The molecule has 3 aliphatic heterocycles. The Morgan fingerprint density at radius 2 is 1.86 bits per heavy atom. The van der Waals surface area contributed by atoms with Crippen LogP contribution in [0.25, 0.3) is 0 Å². The Labute approximate surface area is 156 Å². The molecule has 0 radical (unpaired) electrons. The fraction of sp³-hybridized carbons (Fsp3) is 0.867. The van der Waals surface area contributed by atoms with Crippen LogP contribution in [-0.2, 0) is 14.3 Å². The van der Waals surface area contributed by atoms with Gasteiger partial charge < -0.3 is 20.7 Å². The number of nitrogens with zero attached hydrogens (tertiary/aromatic N) is 1. The standard InChI is InChI=1S/C15H20F6N4O3/c16-14(17,18)13(15(19,20)21)8-25(3-4-28-13)2-1-23-11(27)10-12(6-22-7-12)5-9(26)24-10/h10,22H,1-8H2,(H,23,27)(H,24,26). The van der Waals surface area contributed by atoms with Gasteiger partial charge in [0.2, 0.25) is 11.8 Å². The van der Waals surface area contributed by atoms with Gasteiger partial charge in [0.15, 0.2) is 0 Å². The van der Waals surface area contributed by atoms with Crippen LogP contribution in [0.4, 0.5) is 26.3 Å². The largest absolute Gasteiger partial charge is 0.427 e. The highest BCUT2D eigenvalue weighted by atomic mass is 19.4. The molecule has 0 aromatic carbocycles. The molecule has 0 aromatic heterocycles. The molecule has 7 nitrogen and oxygen atoms in total. The number of carbonyl (C=O) groups is 2. The predicted molar refractivity (Wildman–Crippen MR) is 82.1 cm³/mol. The molecule has 0 saturated carbocycles. The number of halogens is 6. The van der Waals surface area contributed by atoms with Crippen LogP contribution in [0.5, 0.6) is 0 Å². The lowest BCUT2D eigenvalue weighted by Gasteiger charge is -2.44. The van der Waals surface area contributed by atoms with Crippen LogP contribution in [0.1, 0.15) is 6.42 Å². The van der Waals surface area contributed by atoms with E-state index in [4.69, 9.17) is 0 Å². The summed E-state index contributed by atoms with van der Waals surface area (Å²) in [6, 6.07) is -0.768. The van der Waals surface area contributed by atoms with Crippen LogP contribution >= 0.6 is 0 Å². The van der Waals surface area contributed by atoms with Gasteiger partial charge in [-0.3, -0.25) is 14.5 Å². The van der Waals surface area contributed by atoms with Gasteiger partial charge in [0, 0.05) is 51.1 Å². The molecule has 0 aliphatic carbocycles. The lowest BCUT2D eigenvalue weighted by Crippen LogP contribution is -2.68. The number of ether oxygens (including phenoxy) is 1. The van der Waals surface area contributed by atoms with E-state index >= 15 is 0 Å². The monoisotopic (exact) mass is 418 g/mol. The maximum atomic E-state index is 13.1. The van der Waals surface area contributed by atoms with Crippen molar-refractivity contribution in [2.45, 2.75) is 30.4 Å². The zero-order valence-corrected chi connectivity index (χ0v) is 14.7. The average Bonchev–Trinajstić information content (AvgIpc) is 2.91. The maximum Gasteiger partial charge on any atom is 0.427 e. The van der Waals surface area contributed by atoms with Gasteiger partial charge >= 0.3 is 12.4 Å². The zero-order valence-electron chi connectivity index (χ0n) is 14.7. The van der Waals surface area contributed by atoms with Crippen molar-refractivity contribution in [3.8, 4) is 0 Å². The summed E-state index contributed by atoms with van der Waals surface area (Å²) in [6.07, 6.45) is -11.0. The molecule has 28 heavy (non-hydrogen) atoms. The number of amides is 2. The number of morpholine rings is 1. The predicted octanol–water partition coefficient (Wildman–Crippen LogP) is -0.224. The second kappa shape index (κ2) is 7.02. The van der Waals surface area contributed by atoms with E-state index in [-0.39, 0.29) is 32.0 Å². The Morgan fingerprint density at radius 1 is 1.21 bits per heavy atom. The van der Waals surface area contributed by atoms with E-state index < -0.39 is 48.5 Å². The molecule has 1 spiro atoms. The molecule has 1 unspecified atom stereocenters. The Kier molecular flexibility index (Phi) is 5.30. The summed E-state index contributed by atoms with van der Waals surface area (Å²) in [5.74, 6) is -0.770. The molecule has 0 bridgehead atoms. The number of hydrogen-bond acceptors (Lipinski definition) is 5. The van der Waals surface area contributed by atoms with Crippen LogP contribution in [0.15, 0.2) is 0 Å². The number of hydrogen-bond donors (Lipinski definition) is 3. The molecule has 160 valence electrons. The van der Waals surface area contributed by atoms with E-state index in [1.165, 1.54) is 0 Å². The van der Waals surface area contributed by atoms with E-state index in [1.54, 1.807) is 0 Å². The molecule has 3 rings (SSSR count). The summed E-state index contributed by atoms with van der Waals surface area (Å²) >= 11 is 0. The summed E-state index contributed by atoms with van der Waals surface area (Å²) in [7, 11) is 0. The SMILES string of the molecule is O=C1CC2(CNC2)C(C(=O)NCCN2CCOC(C(F)(F)F)(C(F)(F)F)C2)N1. The summed E-state index contributed by atoms with van der Waals surface area (Å²) in [6.45, 7) is -1.67. The summed E-state index contributed by atoms with van der Waals surface area (Å²) in [5, 5.41) is 8.05. The molecule has 3 N–H and O–H groups in total. The van der Waals surface area contributed by atoms with Gasteiger partial charge in [-0.25, -0.2) is 0 Å². The Bertz CT molecular complexity index is 620. The molecule has 13 heteroatoms. The first-order valence-corrected chi connectivity index (χ1v) is 8.68. The van der Waals surface area contributed by atoms with Crippen LogP contribution in [-0.4, -0.2) is 86.6 Å². The van der Waals surface area contributed by atoms with Crippen LogP contribution in [0.3, 0.4) is 0 Å². The first kappa shape index (κ1) is 21.1. The van der Waals surface area contributed by atoms with E-state index in [0.29, 0.717) is 13.1 Å². The van der Waals surface area contributed by atoms with Crippen LogP contribution in [0.2, 0.25) is 0 Å². The number of nitrogens with one attached hydrogen (secondary N) is 3. The third kappa shape index (κ3) is 3.54. The number of alkyl halides is 6. The van der Waals surface area contributed by atoms with Gasteiger partial charge in [0.25, 0.3) is 5.60 Å². The van der Waals surface area contributed by atoms with E-state index in [1.807, 2.05) is 0 Å². The molecule has 1 atom stereocenters. The molecular weight excluding hydrogens is 398 g/mol. The highest BCUT2D eigenvalue weighted by Crippen LogP contribution is 2.47. The fourth-order valence-electron chi connectivity index (χ4n) is 3.83. The fourth-order valence-corrected chi connectivity index (χ4v) is 3.83. The van der Waals surface area contributed by atoms with Crippen molar-refractivity contribution in [3.05, 3.63) is 0 Å². The molecule has 3 heterocycles. The summed E-state index contributed by atoms with van der Waals surface area (Å²) < 4.78 is 82.8. The van der Waals surface area contributed by atoms with Gasteiger partial charge in [-0.2, -0.15) is 26.3 Å².